The van der Waals surface area contributed by atoms with Crippen molar-refractivity contribution in [3.63, 3.8) is 0 Å². The molecule has 2 N–H and O–H groups in total. The number of aromatic nitrogens is 4. The standard InChI is InChI=1S/C17H14F3N5O4/c1-25-12-10(14(27)24-16(25)28)7-9(8-23-12)13(26)21-5-6-29-15-11(17(18,19)20)3-2-4-22-15/h2-4,7-8H,5-6H2,1H3,(H,21,26)(H,24,27,28). The molecule has 1 amide bonds. The zero-order valence-electron chi connectivity index (χ0n) is 14.9. The lowest BCUT2D eigenvalue weighted by molar-refractivity contribution is -0.139. The van der Waals surface area contributed by atoms with Gasteiger partial charge in [0.25, 0.3) is 11.5 Å². The van der Waals surface area contributed by atoms with Gasteiger partial charge in [0.2, 0.25) is 5.88 Å². The van der Waals surface area contributed by atoms with Crippen LogP contribution in [0.5, 0.6) is 5.88 Å². The maximum absolute atomic E-state index is 12.9. The topological polar surface area (TPSA) is 119 Å². The van der Waals surface area contributed by atoms with Crippen molar-refractivity contribution in [2.75, 3.05) is 13.2 Å². The molecular formula is C17H14F3N5O4. The first kappa shape index (κ1) is 20.0. The Hall–Kier alpha value is -3.70. The number of rotatable bonds is 5. The van der Waals surface area contributed by atoms with E-state index in [-0.39, 0.29) is 29.7 Å². The number of nitrogens with one attached hydrogen (secondary N) is 2. The monoisotopic (exact) mass is 409 g/mol. The van der Waals surface area contributed by atoms with Gasteiger partial charge in [-0.05, 0) is 18.2 Å². The lowest BCUT2D eigenvalue weighted by Gasteiger charge is -2.12. The number of amides is 1. The number of fused-ring (bicyclic) bond motifs is 1. The fourth-order valence-electron chi connectivity index (χ4n) is 2.50. The lowest BCUT2D eigenvalue weighted by atomic mass is 10.2. The predicted octanol–water partition coefficient (Wildman–Crippen LogP) is 0.844. The molecule has 9 nitrogen and oxygen atoms in total. The number of carbonyl (C=O) groups is 1. The third-order valence-electron chi connectivity index (χ3n) is 3.92. The molecule has 0 aliphatic heterocycles. The molecule has 0 atom stereocenters. The second-order valence-corrected chi connectivity index (χ2v) is 5.87. The van der Waals surface area contributed by atoms with Crippen LogP contribution in [0.2, 0.25) is 0 Å². The van der Waals surface area contributed by atoms with Crippen molar-refractivity contribution < 1.29 is 22.7 Å². The number of alkyl halides is 3. The first-order valence-corrected chi connectivity index (χ1v) is 8.21. The number of aryl methyl sites for hydroxylation is 1. The normalized spacial score (nSPS) is 11.4. The molecule has 0 aliphatic carbocycles. The van der Waals surface area contributed by atoms with Crippen LogP contribution in [0.3, 0.4) is 0 Å². The van der Waals surface area contributed by atoms with Gasteiger partial charge in [0.15, 0.2) is 0 Å². The van der Waals surface area contributed by atoms with Crippen LogP contribution in [0.4, 0.5) is 13.2 Å². The number of carbonyl (C=O) groups excluding carboxylic acids is 1. The van der Waals surface area contributed by atoms with Crippen molar-refractivity contribution in [3.05, 3.63) is 62.6 Å². The molecule has 0 radical (unpaired) electrons. The molecule has 0 fully saturated rings. The Morgan fingerprint density at radius 1 is 1.31 bits per heavy atom. The molecule has 0 bridgehead atoms. The van der Waals surface area contributed by atoms with Gasteiger partial charge in [0.1, 0.15) is 17.8 Å². The van der Waals surface area contributed by atoms with E-state index in [2.05, 4.69) is 20.3 Å². The van der Waals surface area contributed by atoms with Crippen molar-refractivity contribution in [2.45, 2.75) is 6.18 Å². The van der Waals surface area contributed by atoms with Gasteiger partial charge in [-0.1, -0.05) is 0 Å². The van der Waals surface area contributed by atoms with Crippen LogP contribution in [0.25, 0.3) is 11.0 Å². The first-order valence-electron chi connectivity index (χ1n) is 8.21. The van der Waals surface area contributed by atoms with Crippen LogP contribution < -0.4 is 21.3 Å². The summed E-state index contributed by atoms with van der Waals surface area (Å²) in [6, 6.07) is 3.24. The molecule has 0 unspecified atom stereocenters. The fraction of sp³-hybridized carbons (Fsp3) is 0.235. The molecule has 3 aromatic rings. The van der Waals surface area contributed by atoms with Crippen molar-refractivity contribution in [2.24, 2.45) is 7.05 Å². The molecule has 152 valence electrons. The number of H-pyrrole nitrogens is 1. The molecule has 12 heteroatoms. The first-order chi connectivity index (χ1) is 13.7. The number of hydrogen-bond acceptors (Lipinski definition) is 6. The fourth-order valence-corrected chi connectivity index (χ4v) is 2.50. The van der Waals surface area contributed by atoms with Gasteiger partial charge in [-0.2, -0.15) is 13.2 Å². The van der Waals surface area contributed by atoms with Crippen LogP contribution in [-0.4, -0.2) is 38.6 Å². The van der Waals surface area contributed by atoms with Gasteiger partial charge in [0.05, 0.1) is 17.5 Å². The van der Waals surface area contributed by atoms with E-state index in [1.54, 1.807) is 0 Å². The summed E-state index contributed by atoms with van der Waals surface area (Å²) < 4.78 is 44.8. The quantitative estimate of drug-likeness (QED) is 0.603. The van der Waals surface area contributed by atoms with Gasteiger partial charge in [-0.3, -0.25) is 19.1 Å². The van der Waals surface area contributed by atoms with Crippen LogP contribution in [0.1, 0.15) is 15.9 Å². The van der Waals surface area contributed by atoms with Crippen molar-refractivity contribution in [1.82, 2.24) is 24.8 Å². The average molecular weight is 409 g/mol. The Labute approximate surface area is 160 Å². The summed E-state index contributed by atoms with van der Waals surface area (Å²) in [6.07, 6.45) is -2.27. The van der Waals surface area contributed by atoms with E-state index in [0.29, 0.717) is 0 Å². The van der Waals surface area contributed by atoms with Gasteiger partial charge in [0, 0.05) is 19.4 Å². The summed E-state index contributed by atoms with van der Waals surface area (Å²) in [5.74, 6) is -1.21. The Kier molecular flexibility index (Phi) is 5.35. The Morgan fingerprint density at radius 3 is 2.79 bits per heavy atom. The number of hydrogen-bond donors (Lipinski definition) is 2. The number of pyridine rings is 2. The van der Waals surface area contributed by atoms with Crippen LogP contribution in [0, 0.1) is 0 Å². The highest BCUT2D eigenvalue weighted by atomic mass is 19.4. The largest absolute Gasteiger partial charge is 0.475 e. The second-order valence-electron chi connectivity index (χ2n) is 5.87. The van der Waals surface area contributed by atoms with E-state index >= 15 is 0 Å². The third kappa shape index (κ3) is 4.25. The molecule has 0 saturated heterocycles. The van der Waals surface area contributed by atoms with E-state index < -0.39 is 34.8 Å². The minimum Gasteiger partial charge on any atom is -0.475 e. The van der Waals surface area contributed by atoms with Crippen molar-refractivity contribution >= 4 is 16.9 Å². The SMILES string of the molecule is Cn1c(=O)[nH]c(=O)c2cc(C(=O)NCCOc3ncccc3C(F)(F)F)cnc21. The van der Waals surface area contributed by atoms with E-state index in [1.807, 2.05) is 0 Å². The summed E-state index contributed by atoms with van der Waals surface area (Å²) >= 11 is 0. The number of halogens is 3. The number of nitrogens with zero attached hydrogens (tertiary/aromatic N) is 3. The molecule has 29 heavy (non-hydrogen) atoms. The van der Waals surface area contributed by atoms with Crippen LogP contribution >= 0.6 is 0 Å². The Bertz CT molecular complexity index is 1190. The zero-order valence-corrected chi connectivity index (χ0v) is 14.9. The molecule has 3 rings (SSSR count). The number of aromatic amines is 1. The van der Waals surface area contributed by atoms with Crippen LogP contribution in [0.15, 0.2) is 40.2 Å². The minimum absolute atomic E-state index is 0.0375. The summed E-state index contributed by atoms with van der Waals surface area (Å²) in [4.78, 5) is 45.3. The summed E-state index contributed by atoms with van der Waals surface area (Å²) in [5.41, 5.74) is -2.21. The predicted molar refractivity (Wildman–Crippen MR) is 94.7 cm³/mol. The Morgan fingerprint density at radius 2 is 2.07 bits per heavy atom. The van der Waals surface area contributed by atoms with Gasteiger partial charge in [-0.25, -0.2) is 14.8 Å². The van der Waals surface area contributed by atoms with E-state index in [0.717, 1.165) is 22.9 Å². The molecule has 0 aliphatic rings. The molecule has 3 aromatic heterocycles. The average Bonchev–Trinajstić information content (AvgIpc) is 2.68. The van der Waals surface area contributed by atoms with Crippen molar-refractivity contribution in [1.29, 1.82) is 0 Å². The molecular weight excluding hydrogens is 395 g/mol. The third-order valence-corrected chi connectivity index (χ3v) is 3.92. The number of ether oxygens (including phenoxy) is 1. The maximum atomic E-state index is 12.9. The van der Waals surface area contributed by atoms with Gasteiger partial charge in [-0.15, -0.1) is 0 Å². The highest BCUT2D eigenvalue weighted by molar-refractivity contribution is 5.96. The van der Waals surface area contributed by atoms with E-state index in [9.17, 15) is 27.6 Å². The zero-order chi connectivity index (χ0) is 21.2. The summed E-state index contributed by atoms with van der Waals surface area (Å²) in [5, 5.41) is 2.48. The van der Waals surface area contributed by atoms with Crippen LogP contribution in [-0.2, 0) is 13.2 Å². The smallest absolute Gasteiger partial charge is 0.421 e. The van der Waals surface area contributed by atoms with Gasteiger partial charge >= 0.3 is 11.9 Å². The molecule has 3 heterocycles. The molecule has 0 saturated carbocycles. The Balaban J connectivity index is 1.67. The summed E-state index contributed by atoms with van der Waals surface area (Å²) in [6.45, 7) is -0.379. The highest BCUT2D eigenvalue weighted by Crippen LogP contribution is 2.34. The molecule has 0 aromatic carbocycles. The molecule has 0 spiro atoms. The van der Waals surface area contributed by atoms with Gasteiger partial charge < -0.3 is 10.1 Å². The minimum atomic E-state index is -4.61. The van der Waals surface area contributed by atoms with Crippen molar-refractivity contribution in [3.8, 4) is 5.88 Å². The summed E-state index contributed by atoms with van der Waals surface area (Å²) in [7, 11) is 1.41. The van der Waals surface area contributed by atoms with E-state index in [4.69, 9.17) is 4.74 Å². The lowest BCUT2D eigenvalue weighted by Crippen LogP contribution is -2.31. The van der Waals surface area contributed by atoms with E-state index in [1.165, 1.54) is 19.3 Å². The highest BCUT2D eigenvalue weighted by Gasteiger charge is 2.35. The maximum Gasteiger partial charge on any atom is 0.421 e. The second kappa shape index (κ2) is 7.73.